The molecule has 0 bridgehead atoms. The molecule has 4 nitrogen and oxygen atoms in total. The maximum Gasteiger partial charge on any atom is 0.221 e. The molecule has 1 aromatic carbocycles. The molecule has 0 spiro atoms. The first-order valence-electron chi connectivity index (χ1n) is 8.75. The van der Waals surface area contributed by atoms with Crippen LogP contribution in [0.5, 0.6) is 0 Å². The number of carbonyl (C=O) groups excluding carboxylic acids is 1. The number of fused-ring (bicyclic) bond motifs is 2. The Morgan fingerprint density at radius 1 is 1.19 bits per heavy atom. The molecule has 5 heteroatoms. The van der Waals surface area contributed by atoms with Crippen molar-refractivity contribution in [2.24, 2.45) is 5.73 Å². The van der Waals surface area contributed by atoms with Crippen LogP contribution in [0.2, 0.25) is 0 Å². The molecule has 0 unspecified atom stereocenters. The molecule has 2 radical (unpaired) electrons. The Bertz CT molecular complexity index is 1010. The molecule has 1 aromatic heterocycles. The first-order chi connectivity index (χ1) is 12.7. The van der Waals surface area contributed by atoms with Gasteiger partial charge in [0.1, 0.15) is 12.0 Å². The van der Waals surface area contributed by atoms with Gasteiger partial charge in [0.25, 0.3) is 0 Å². The largest absolute Gasteiger partial charge is 0.507 e. The zero-order valence-corrected chi connectivity index (χ0v) is 14.7. The van der Waals surface area contributed by atoms with Gasteiger partial charge >= 0.3 is 0 Å². The summed E-state index contributed by atoms with van der Waals surface area (Å²) in [7, 11) is 2.11. The Morgan fingerprint density at radius 3 is 2.85 bits per heavy atom. The molecule has 0 saturated carbocycles. The summed E-state index contributed by atoms with van der Waals surface area (Å²) in [5.41, 5.74) is 13.6. The van der Waals surface area contributed by atoms with Gasteiger partial charge in [-0.05, 0) is 55.9 Å². The van der Waals surface area contributed by atoms with Crippen LogP contribution in [-0.2, 0) is 0 Å². The summed E-state index contributed by atoms with van der Waals surface area (Å²) in [5.74, 6) is 0. The maximum absolute atomic E-state index is 11.0. The fourth-order valence-electron chi connectivity index (χ4n) is 3.62. The highest BCUT2D eigenvalue weighted by atomic mass is 16.1. The van der Waals surface area contributed by atoms with E-state index in [1.54, 1.807) is 0 Å². The van der Waals surface area contributed by atoms with Gasteiger partial charge in [-0.2, -0.15) is 0 Å². The topological polar surface area (TPSA) is 51.0 Å². The number of hydrogen-bond acceptors (Lipinski definition) is 2. The number of hydrogen-bond donors (Lipinski definition) is 1. The maximum atomic E-state index is 11.0. The molecular weight excluding hydrogens is 321 g/mol. The van der Waals surface area contributed by atoms with Gasteiger partial charge in [0.2, 0.25) is 7.55 Å². The molecule has 2 N–H and O–H groups in total. The van der Waals surface area contributed by atoms with Gasteiger partial charge in [0.05, 0.1) is 0 Å². The zero-order valence-electron chi connectivity index (χ0n) is 14.7. The molecule has 2 aliphatic rings. The second-order valence-corrected chi connectivity index (χ2v) is 6.53. The minimum atomic E-state index is 0.620. The zero-order chi connectivity index (χ0) is 18.1. The van der Waals surface area contributed by atoms with Crippen LogP contribution in [0.4, 0.5) is 0 Å². The monoisotopic (exact) mass is 341 g/mol. The summed E-state index contributed by atoms with van der Waals surface area (Å²) >= 11 is 0. The lowest BCUT2D eigenvalue weighted by atomic mass is 9.93. The third-order valence-corrected chi connectivity index (χ3v) is 4.76. The molecule has 2 aliphatic heterocycles. The van der Waals surface area contributed by atoms with E-state index in [1.165, 1.54) is 22.5 Å². The average Bonchev–Trinajstić information content (AvgIpc) is 3.25. The number of allylic oxidation sites excluding steroid dienone is 3. The number of aldehydes is 1. The summed E-state index contributed by atoms with van der Waals surface area (Å²) < 4.78 is 4.36. The first kappa shape index (κ1) is 16.5. The molecule has 3 heterocycles. The Balaban J connectivity index is 1.77. The van der Waals surface area contributed by atoms with Crippen molar-refractivity contribution in [1.29, 1.82) is 0 Å². The molecule has 0 aliphatic carbocycles. The van der Waals surface area contributed by atoms with Gasteiger partial charge < -0.3 is 14.7 Å². The minimum absolute atomic E-state index is 0.620. The Labute approximate surface area is 153 Å². The van der Waals surface area contributed by atoms with Crippen molar-refractivity contribution in [3.05, 3.63) is 82.8 Å². The predicted octanol–water partition coefficient (Wildman–Crippen LogP) is 2.88. The van der Waals surface area contributed by atoms with Gasteiger partial charge in [-0.1, -0.05) is 18.2 Å². The normalized spacial score (nSPS) is 16.2. The van der Waals surface area contributed by atoms with Crippen molar-refractivity contribution in [3.63, 3.8) is 0 Å². The van der Waals surface area contributed by atoms with Crippen molar-refractivity contribution in [3.8, 4) is 0 Å². The average molecular weight is 341 g/mol. The number of aromatic nitrogens is 1. The predicted molar refractivity (Wildman–Crippen MR) is 106 cm³/mol. The van der Waals surface area contributed by atoms with Gasteiger partial charge in [-0.3, -0.25) is 4.79 Å². The van der Waals surface area contributed by atoms with Crippen LogP contribution in [0.15, 0.2) is 66.0 Å². The van der Waals surface area contributed by atoms with Crippen LogP contribution < -0.4 is 5.73 Å². The van der Waals surface area contributed by atoms with E-state index >= 15 is 0 Å². The highest BCUT2D eigenvalue weighted by molar-refractivity contribution is 6.29. The second-order valence-electron chi connectivity index (χ2n) is 6.53. The molecule has 0 atom stereocenters. The van der Waals surface area contributed by atoms with E-state index < -0.39 is 0 Å². The van der Waals surface area contributed by atoms with E-state index in [-0.39, 0.29) is 0 Å². The summed E-state index contributed by atoms with van der Waals surface area (Å²) in [6, 6.07) is 11.8. The molecule has 2 aromatic rings. The van der Waals surface area contributed by atoms with Gasteiger partial charge in [0.15, 0.2) is 5.70 Å². The van der Waals surface area contributed by atoms with E-state index in [4.69, 9.17) is 5.73 Å². The fourth-order valence-corrected chi connectivity index (χ4v) is 3.62. The van der Waals surface area contributed by atoms with E-state index in [1.807, 2.05) is 30.3 Å². The molecule has 26 heavy (non-hydrogen) atoms. The summed E-state index contributed by atoms with van der Waals surface area (Å²) in [5, 5.41) is 0. The number of nitrogens with zero attached hydrogens (tertiary/aromatic N) is 2. The number of carbonyl (C=O) groups is 1. The lowest BCUT2D eigenvalue weighted by Gasteiger charge is -2.29. The first-order valence-corrected chi connectivity index (χ1v) is 8.75. The van der Waals surface area contributed by atoms with Crippen molar-refractivity contribution in [1.82, 2.24) is 4.48 Å². The van der Waals surface area contributed by atoms with Crippen molar-refractivity contribution in [2.45, 2.75) is 13.3 Å². The Morgan fingerprint density at radius 2 is 2.04 bits per heavy atom. The third-order valence-electron chi connectivity index (χ3n) is 4.76. The second kappa shape index (κ2) is 6.77. The lowest BCUT2D eigenvalue weighted by molar-refractivity contribution is -0.314. The molecule has 0 amide bonds. The number of benzene rings is 1. The van der Waals surface area contributed by atoms with E-state index in [0.29, 0.717) is 12.1 Å². The van der Waals surface area contributed by atoms with Crippen LogP contribution in [0.3, 0.4) is 0 Å². The van der Waals surface area contributed by atoms with Crippen LogP contribution in [0.25, 0.3) is 11.6 Å². The highest BCUT2D eigenvalue weighted by Crippen LogP contribution is 2.33. The van der Waals surface area contributed by atoms with E-state index in [2.05, 4.69) is 53.9 Å². The highest BCUT2D eigenvalue weighted by Gasteiger charge is 2.28. The van der Waals surface area contributed by atoms with Gasteiger partial charge in [-0.25, -0.2) is 0 Å². The van der Waals surface area contributed by atoms with E-state index in [9.17, 15) is 4.79 Å². The Kier molecular flexibility index (Phi) is 4.31. The SMILES string of the molecule is CC1=CC(/C=C/c2cccc(C=O)c2)=[N+]2[B-]n3cccc3C(CCN)=C12. The molecule has 4 rings (SSSR count). The quantitative estimate of drug-likeness (QED) is 0.672. The van der Waals surface area contributed by atoms with Crippen molar-refractivity contribution < 1.29 is 9.28 Å². The van der Waals surface area contributed by atoms with Crippen molar-refractivity contribution in [2.75, 3.05) is 6.54 Å². The van der Waals surface area contributed by atoms with Crippen LogP contribution >= 0.6 is 0 Å². The molecular formula is C21H20BN3O. The number of rotatable bonds is 5. The molecule has 0 saturated heterocycles. The van der Waals surface area contributed by atoms with Crippen LogP contribution in [0.1, 0.15) is 35.0 Å². The summed E-state index contributed by atoms with van der Waals surface area (Å²) in [4.78, 5) is 11.0. The van der Waals surface area contributed by atoms with Crippen molar-refractivity contribution >= 4 is 31.2 Å². The minimum Gasteiger partial charge on any atom is -0.507 e. The van der Waals surface area contributed by atoms with Crippen LogP contribution in [-0.4, -0.2) is 35.1 Å². The molecule has 128 valence electrons. The van der Waals surface area contributed by atoms with Gasteiger partial charge in [-0.15, -0.1) is 0 Å². The Hall–Kier alpha value is -2.92. The van der Waals surface area contributed by atoms with Gasteiger partial charge in [0, 0.05) is 34.6 Å². The smallest absolute Gasteiger partial charge is 0.221 e. The van der Waals surface area contributed by atoms with E-state index in [0.717, 1.165) is 24.0 Å². The summed E-state index contributed by atoms with van der Waals surface area (Å²) in [6.45, 7) is 2.76. The fraction of sp³-hybridized carbons (Fsp3) is 0.143. The lowest BCUT2D eigenvalue weighted by Crippen LogP contribution is -2.31. The summed E-state index contributed by atoms with van der Waals surface area (Å²) in [6.07, 6.45) is 10.1. The third kappa shape index (κ3) is 2.80. The standard InChI is InChI=1S/C21H20BN3O/c1-15-12-18(8-7-16-4-2-5-17(13-16)14-26)25-21(15)19(9-10-23)20-6-3-11-24(20)22-25/h2-8,11-14H,9-10,23H2,1H3/b8-7+. The van der Waals surface area contributed by atoms with Crippen LogP contribution in [0, 0.1) is 0 Å². The number of nitrogens with two attached hydrogens (primary N) is 1. The molecule has 0 fully saturated rings.